The topological polar surface area (TPSA) is 139 Å². The Labute approximate surface area is 455 Å². The summed E-state index contributed by atoms with van der Waals surface area (Å²) in [6.07, 6.45) is 2.42. The maximum Gasteiger partial charge on any atom is 0.410 e. The Kier molecular flexibility index (Phi) is 19.2. The van der Waals surface area contributed by atoms with E-state index < -0.39 is 22.9 Å². The molecule has 16 nitrogen and oxygen atoms in total. The molecule has 0 aromatic carbocycles. The monoisotopic (exact) mass is 1090 g/mol. The Morgan fingerprint density at radius 1 is 0.675 bits per heavy atom. The summed E-state index contributed by atoms with van der Waals surface area (Å²) in [5, 5.41) is 3.56. The van der Waals surface area contributed by atoms with Crippen LogP contribution in [0.5, 0.6) is 0 Å². The third-order valence-electron chi connectivity index (χ3n) is 16.2. The predicted molar refractivity (Wildman–Crippen MR) is 291 cm³/mol. The van der Waals surface area contributed by atoms with Crippen molar-refractivity contribution in [3.8, 4) is 0 Å². The normalized spacial score (nSPS) is 26.5. The van der Waals surface area contributed by atoms with Crippen LogP contribution < -0.4 is 15.1 Å². The summed E-state index contributed by atoms with van der Waals surface area (Å²) in [4.78, 5) is 64.0. The molecule has 0 saturated carbocycles. The first-order valence-corrected chi connectivity index (χ1v) is 28.3. The van der Waals surface area contributed by atoms with Gasteiger partial charge in [-0.15, -0.1) is 0 Å². The van der Waals surface area contributed by atoms with E-state index in [9.17, 15) is 31.9 Å². The second-order valence-corrected chi connectivity index (χ2v) is 25.1. The molecule has 8 heterocycles. The summed E-state index contributed by atoms with van der Waals surface area (Å²) in [5.74, 6) is -6.17. The van der Waals surface area contributed by atoms with Crippen LogP contribution in [0.25, 0.3) is 0 Å². The number of morpholine rings is 2. The summed E-state index contributed by atoms with van der Waals surface area (Å²) >= 11 is 0. The van der Waals surface area contributed by atoms with E-state index in [1.807, 2.05) is 55.4 Å². The number of anilines is 2. The molecule has 2 aromatic heterocycles. The number of nitrogens with one attached hydrogen (secondary N) is 1. The van der Waals surface area contributed by atoms with E-state index >= 15 is 0 Å². The zero-order valence-electron chi connectivity index (χ0n) is 48.4. The van der Waals surface area contributed by atoms with Crippen molar-refractivity contribution in [2.24, 2.45) is 0 Å². The molecule has 77 heavy (non-hydrogen) atoms. The Morgan fingerprint density at radius 3 is 1.57 bits per heavy atom. The van der Waals surface area contributed by atoms with Crippen molar-refractivity contribution >= 4 is 29.3 Å². The molecule has 6 aliphatic rings. The van der Waals surface area contributed by atoms with Crippen molar-refractivity contribution in [3.05, 3.63) is 47.0 Å². The van der Waals surface area contributed by atoms with Crippen molar-refractivity contribution in [3.63, 3.8) is 0 Å². The van der Waals surface area contributed by atoms with Gasteiger partial charge in [0.25, 0.3) is 11.8 Å². The van der Waals surface area contributed by atoms with Gasteiger partial charge in [-0.1, -0.05) is 54.4 Å². The van der Waals surface area contributed by atoms with Gasteiger partial charge in [-0.3, -0.25) is 39.2 Å². The molecule has 4 saturated heterocycles. The smallest absolute Gasteiger partial charge is 0.410 e. The number of amides is 3. The first-order chi connectivity index (χ1) is 36.0. The number of fused-ring (bicyclic) bond motifs is 2. The van der Waals surface area contributed by atoms with Crippen molar-refractivity contribution < 1.29 is 46.2 Å². The van der Waals surface area contributed by atoms with Crippen molar-refractivity contribution in [1.29, 1.82) is 0 Å². The lowest BCUT2D eigenvalue weighted by atomic mass is 9.91. The number of nitrogens with zero attached hydrogens (tertiary/aromatic N) is 9. The van der Waals surface area contributed by atoms with E-state index in [1.54, 1.807) is 28.5 Å². The second-order valence-electron chi connectivity index (χ2n) is 25.1. The summed E-state index contributed by atoms with van der Waals surface area (Å²) in [5.41, 5.74) is 0.656. The molecule has 4 fully saturated rings. The Balaban J connectivity index is 0.000000227. The predicted octanol–water partition coefficient (Wildman–Crippen LogP) is 7.61. The third kappa shape index (κ3) is 14.5. The van der Waals surface area contributed by atoms with E-state index in [4.69, 9.17) is 14.2 Å². The molecule has 3 amide bonds. The van der Waals surface area contributed by atoms with Crippen LogP contribution in [-0.2, 0) is 46.5 Å². The van der Waals surface area contributed by atoms with Gasteiger partial charge in [0, 0.05) is 149 Å². The standard InChI is InChI=1S/C31H49F2N5O4.C26H41F2N5O2/c1-9-10-31(32,33)23-13-25-27(34-14-23)30(7,8)20-38(25)26(39)18-36-15-21(2)37(28(40)42-29(4,5)6)17-24(36)16-35-11-12-41-19-22(35)3;1-6-7-26(27,28)20-10-22-24(30-11-20)25(4,5)17-33(22)23(34)15-32-13-18(2)29-12-21(32)14-31-8-9-35-16-19(31)3/h13-14,21-22,24H,9-12,15-20H2,1-8H3;10-11,18-19,21,29H,6-9,12-17H2,1-5H3/t21-,22-,24+;18-,19-,21-/m11/s1. The fourth-order valence-electron chi connectivity index (χ4n) is 11.8. The van der Waals surface area contributed by atoms with Crippen molar-refractivity contribution in [2.45, 2.75) is 180 Å². The highest BCUT2D eigenvalue weighted by molar-refractivity contribution is 5.98. The third-order valence-corrected chi connectivity index (χ3v) is 16.2. The SMILES string of the molecule is CCCC(F)(F)c1cnc2c(c1)N(C(=O)CN1C[C@@H](C)N(C(=O)OC(C)(C)C)C[C@@H]1CN1CCOC[C@H]1C)CC2(C)C.CCCC(F)(F)c1cnc2c(c1)N(C(=O)CN1C[C@@H](C)NC[C@@H]1CN1CCOC[C@H]1C)CC2(C)C. The van der Waals surface area contributed by atoms with Gasteiger partial charge in [-0.2, -0.15) is 0 Å². The molecular formula is C57H90F4N10O6. The molecule has 8 rings (SSSR count). The zero-order chi connectivity index (χ0) is 56.4. The van der Waals surface area contributed by atoms with Gasteiger partial charge in [0.1, 0.15) is 5.60 Å². The maximum atomic E-state index is 14.9. The van der Waals surface area contributed by atoms with Crippen molar-refractivity contribution in [2.75, 3.05) is 115 Å². The highest BCUT2D eigenvalue weighted by Gasteiger charge is 2.46. The molecule has 0 unspecified atom stereocenters. The van der Waals surface area contributed by atoms with Gasteiger partial charge in [0.05, 0.1) is 62.3 Å². The quantitative estimate of drug-likeness (QED) is 0.186. The van der Waals surface area contributed by atoms with Crippen LogP contribution in [-0.4, -0.2) is 199 Å². The average Bonchev–Trinajstić information content (AvgIpc) is 3.82. The number of halogens is 4. The minimum absolute atomic E-state index is 0.0521. The summed E-state index contributed by atoms with van der Waals surface area (Å²) in [6.45, 7) is 35.1. The molecular weight excluding hydrogens is 997 g/mol. The highest BCUT2D eigenvalue weighted by atomic mass is 19.3. The van der Waals surface area contributed by atoms with Crippen LogP contribution >= 0.6 is 0 Å². The number of ether oxygens (including phenoxy) is 3. The molecule has 0 spiro atoms. The molecule has 2 aromatic rings. The van der Waals surface area contributed by atoms with Crippen LogP contribution in [0.2, 0.25) is 0 Å². The number of piperazine rings is 2. The number of hydrogen-bond donors (Lipinski definition) is 1. The van der Waals surface area contributed by atoms with Gasteiger partial charge >= 0.3 is 6.09 Å². The van der Waals surface area contributed by atoms with Gasteiger partial charge < -0.3 is 34.2 Å². The molecule has 0 aliphatic carbocycles. The largest absolute Gasteiger partial charge is 0.444 e. The zero-order valence-corrected chi connectivity index (χ0v) is 48.4. The first kappa shape index (κ1) is 60.6. The van der Waals surface area contributed by atoms with Crippen LogP contribution in [0.4, 0.5) is 33.7 Å². The molecule has 1 N–H and O–H groups in total. The van der Waals surface area contributed by atoms with Gasteiger partial charge in [-0.25, -0.2) is 22.4 Å². The summed E-state index contributed by atoms with van der Waals surface area (Å²) < 4.78 is 76.1. The van der Waals surface area contributed by atoms with Crippen LogP contribution in [0.15, 0.2) is 24.5 Å². The van der Waals surface area contributed by atoms with Crippen LogP contribution in [0, 0.1) is 0 Å². The minimum Gasteiger partial charge on any atom is -0.444 e. The number of aromatic nitrogens is 2. The molecule has 432 valence electrons. The van der Waals surface area contributed by atoms with Crippen molar-refractivity contribution in [1.82, 2.24) is 39.8 Å². The average molecular weight is 1090 g/mol. The Bertz CT molecular complexity index is 2370. The molecule has 6 aliphatic heterocycles. The van der Waals surface area contributed by atoms with Gasteiger partial charge in [-0.05, 0) is 60.6 Å². The lowest BCUT2D eigenvalue weighted by Gasteiger charge is -2.47. The van der Waals surface area contributed by atoms with E-state index in [2.05, 4.69) is 55.7 Å². The lowest BCUT2D eigenvalue weighted by Crippen LogP contribution is -2.64. The first-order valence-electron chi connectivity index (χ1n) is 28.3. The molecule has 0 radical (unpaired) electrons. The van der Waals surface area contributed by atoms with Crippen LogP contribution in [0.1, 0.15) is 138 Å². The lowest BCUT2D eigenvalue weighted by molar-refractivity contribution is -0.122. The van der Waals surface area contributed by atoms with E-state index in [-0.39, 0.29) is 90.6 Å². The number of pyridine rings is 2. The Morgan fingerprint density at radius 2 is 1.13 bits per heavy atom. The maximum absolute atomic E-state index is 14.9. The Hall–Kier alpha value is -4.05. The number of hydrogen-bond acceptors (Lipinski definition) is 13. The summed E-state index contributed by atoms with van der Waals surface area (Å²) in [6, 6.07) is 3.71. The second kappa shape index (κ2) is 24.4. The number of carbonyl (C=O) groups excluding carboxylic acids is 3. The number of alkyl halides is 4. The van der Waals surface area contributed by atoms with E-state index in [0.29, 0.717) is 87.6 Å². The van der Waals surface area contributed by atoms with Crippen LogP contribution in [0.3, 0.4) is 0 Å². The highest BCUT2D eigenvalue weighted by Crippen LogP contribution is 2.45. The number of carbonyl (C=O) groups is 3. The molecule has 0 bridgehead atoms. The fraction of sp³-hybridized carbons (Fsp3) is 0.772. The summed E-state index contributed by atoms with van der Waals surface area (Å²) in [7, 11) is 0. The van der Waals surface area contributed by atoms with Gasteiger partial charge in [0.2, 0.25) is 11.8 Å². The van der Waals surface area contributed by atoms with Gasteiger partial charge in [0.15, 0.2) is 0 Å². The van der Waals surface area contributed by atoms with E-state index in [1.165, 1.54) is 24.5 Å². The molecule has 20 heteroatoms. The fourth-order valence-corrected chi connectivity index (χ4v) is 11.8. The number of rotatable bonds is 14. The minimum atomic E-state index is -3.01. The van der Waals surface area contributed by atoms with E-state index in [0.717, 1.165) is 45.9 Å². The molecule has 6 atom stereocenters.